The number of nitrogens with zero attached hydrogens (tertiary/aromatic N) is 1. The van der Waals surface area contributed by atoms with Crippen LogP contribution in [0, 0.1) is 0 Å². The van der Waals surface area contributed by atoms with Crippen LogP contribution in [-0.4, -0.2) is 23.3 Å². The molecule has 1 heterocycles. The topological polar surface area (TPSA) is 68.3 Å². The van der Waals surface area contributed by atoms with Crippen molar-refractivity contribution in [1.29, 1.82) is 0 Å². The number of amides is 1. The number of ether oxygens (including phenoxy) is 1. The van der Waals surface area contributed by atoms with Gasteiger partial charge >= 0.3 is 29.6 Å². The van der Waals surface area contributed by atoms with Gasteiger partial charge in [-0.25, -0.2) is 4.98 Å². The maximum atomic E-state index is 11.5. The van der Waals surface area contributed by atoms with Gasteiger partial charge in [-0.3, -0.25) is 9.59 Å². The van der Waals surface area contributed by atoms with Gasteiger partial charge in [0, 0.05) is 0 Å². The largest absolute Gasteiger partial charge is 1.00 e. The van der Waals surface area contributed by atoms with E-state index in [1.165, 1.54) is 18.3 Å². The Balaban J connectivity index is 0.00000200. The first kappa shape index (κ1) is 17.1. The van der Waals surface area contributed by atoms with Crippen LogP contribution < -0.4 is 39.6 Å². The number of thiazole rings is 1. The van der Waals surface area contributed by atoms with Gasteiger partial charge in [-0.1, -0.05) is 11.3 Å². The molecule has 0 saturated carbocycles. The summed E-state index contributed by atoms with van der Waals surface area (Å²) in [6.45, 7) is 3.91. The van der Waals surface area contributed by atoms with Crippen LogP contribution in [0.5, 0.6) is 5.75 Å². The molecule has 20 heavy (non-hydrogen) atoms. The fraction of sp³-hybridized carbons (Fsp3) is 0.308. The average Bonchev–Trinajstić information content (AvgIpc) is 2.69. The van der Waals surface area contributed by atoms with E-state index in [-0.39, 0.29) is 47.7 Å². The second-order valence-electron chi connectivity index (χ2n) is 4.01. The SMILES string of the molecule is CCOc1ccc2nc(NC(=O)CC(C)=O)sc2c1.[Na+]. The Bertz CT molecular complexity index is 627. The van der Waals surface area contributed by atoms with Gasteiger partial charge in [-0.15, -0.1) is 0 Å². The number of hydrogen-bond donors (Lipinski definition) is 1. The van der Waals surface area contributed by atoms with E-state index in [1.807, 2.05) is 25.1 Å². The van der Waals surface area contributed by atoms with Crippen molar-refractivity contribution < 1.29 is 43.9 Å². The molecule has 0 saturated heterocycles. The van der Waals surface area contributed by atoms with Crippen molar-refractivity contribution in [2.75, 3.05) is 11.9 Å². The summed E-state index contributed by atoms with van der Waals surface area (Å²) in [6.07, 6.45) is -0.125. The van der Waals surface area contributed by atoms with Crippen LogP contribution in [0.1, 0.15) is 20.3 Å². The number of nitrogens with one attached hydrogen (secondary N) is 1. The number of rotatable bonds is 5. The molecular formula is C13H14N2NaO3S+. The van der Waals surface area contributed by atoms with Crippen molar-refractivity contribution in [3.8, 4) is 5.75 Å². The summed E-state index contributed by atoms with van der Waals surface area (Å²) in [7, 11) is 0. The third-order valence-electron chi connectivity index (χ3n) is 2.33. The summed E-state index contributed by atoms with van der Waals surface area (Å²) in [6, 6.07) is 5.57. The Hall–Kier alpha value is -0.950. The molecule has 2 rings (SSSR count). The van der Waals surface area contributed by atoms with E-state index in [4.69, 9.17) is 4.74 Å². The number of anilines is 1. The molecule has 2 aromatic rings. The molecule has 0 bridgehead atoms. The summed E-state index contributed by atoms with van der Waals surface area (Å²) < 4.78 is 6.34. The quantitative estimate of drug-likeness (QED) is 0.604. The summed E-state index contributed by atoms with van der Waals surface area (Å²) in [5.74, 6) is 0.272. The van der Waals surface area contributed by atoms with Crippen molar-refractivity contribution in [1.82, 2.24) is 4.98 Å². The third kappa shape index (κ3) is 4.56. The zero-order valence-electron chi connectivity index (χ0n) is 11.7. The standard InChI is InChI=1S/C13H14N2O3S.Na/c1-3-18-9-4-5-10-11(7-9)19-13(14-10)15-12(17)6-8(2)16;/h4-5,7H,3,6H2,1-2H3,(H,14,15,17);/q;+1. The van der Waals surface area contributed by atoms with E-state index in [2.05, 4.69) is 10.3 Å². The van der Waals surface area contributed by atoms with Crippen molar-refractivity contribution in [2.45, 2.75) is 20.3 Å². The van der Waals surface area contributed by atoms with Gasteiger partial charge in [0.1, 0.15) is 11.5 Å². The first-order valence-electron chi connectivity index (χ1n) is 5.91. The molecule has 0 aliphatic rings. The van der Waals surface area contributed by atoms with Crippen LogP contribution in [0.2, 0.25) is 0 Å². The Morgan fingerprint density at radius 2 is 2.15 bits per heavy atom. The zero-order valence-corrected chi connectivity index (χ0v) is 14.5. The van der Waals surface area contributed by atoms with E-state index in [0.717, 1.165) is 16.0 Å². The van der Waals surface area contributed by atoms with Gasteiger partial charge in [-0.05, 0) is 32.0 Å². The molecule has 0 atom stereocenters. The number of fused-ring (bicyclic) bond motifs is 1. The second kappa shape index (κ2) is 7.73. The fourth-order valence-corrected chi connectivity index (χ4v) is 2.51. The van der Waals surface area contributed by atoms with Gasteiger partial charge in [0.2, 0.25) is 5.91 Å². The maximum absolute atomic E-state index is 11.5. The van der Waals surface area contributed by atoms with E-state index >= 15 is 0 Å². The molecule has 0 unspecified atom stereocenters. The molecule has 0 spiro atoms. The van der Waals surface area contributed by atoms with Gasteiger partial charge < -0.3 is 10.1 Å². The molecule has 1 N–H and O–H groups in total. The monoisotopic (exact) mass is 301 g/mol. The fourth-order valence-electron chi connectivity index (χ4n) is 1.60. The number of ketones is 1. The van der Waals surface area contributed by atoms with Crippen LogP contribution in [-0.2, 0) is 9.59 Å². The van der Waals surface area contributed by atoms with Crippen LogP contribution in [0.4, 0.5) is 5.13 Å². The smallest absolute Gasteiger partial charge is 0.494 e. The molecule has 0 radical (unpaired) electrons. The van der Waals surface area contributed by atoms with Gasteiger partial charge in [0.15, 0.2) is 5.13 Å². The predicted molar refractivity (Wildman–Crippen MR) is 74.7 cm³/mol. The minimum absolute atomic E-state index is 0. The summed E-state index contributed by atoms with van der Waals surface area (Å²) in [5, 5.41) is 3.12. The number of carbonyl (C=O) groups excluding carboxylic acids is 2. The van der Waals surface area contributed by atoms with Gasteiger partial charge in [-0.2, -0.15) is 0 Å². The van der Waals surface area contributed by atoms with Crippen LogP contribution in [0.15, 0.2) is 18.2 Å². The molecule has 1 amide bonds. The van der Waals surface area contributed by atoms with E-state index in [1.54, 1.807) is 0 Å². The average molecular weight is 301 g/mol. The minimum Gasteiger partial charge on any atom is -0.494 e. The number of hydrogen-bond acceptors (Lipinski definition) is 5. The molecule has 1 aromatic carbocycles. The Morgan fingerprint density at radius 3 is 2.80 bits per heavy atom. The van der Waals surface area contributed by atoms with Crippen LogP contribution in [0.25, 0.3) is 10.2 Å². The molecule has 100 valence electrons. The summed E-state index contributed by atoms with van der Waals surface area (Å²) in [5.41, 5.74) is 0.798. The predicted octanol–water partition coefficient (Wildman–Crippen LogP) is -0.383. The van der Waals surface area contributed by atoms with Crippen molar-refractivity contribution in [2.24, 2.45) is 0 Å². The second-order valence-corrected chi connectivity index (χ2v) is 5.04. The Morgan fingerprint density at radius 1 is 1.40 bits per heavy atom. The van der Waals surface area contributed by atoms with Crippen molar-refractivity contribution >= 4 is 38.4 Å². The van der Waals surface area contributed by atoms with Gasteiger partial charge in [0.25, 0.3) is 0 Å². The van der Waals surface area contributed by atoms with E-state index in [0.29, 0.717) is 11.7 Å². The number of carbonyl (C=O) groups is 2. The molecule has 1 aromatic heterocycles. The van der Waals surface area contributed by atoms with E-state index in [9.17, 15) is 9.59 Å². The molecule has 0 fully saturated rings. The van der Waals surface area contributed by atoms with Gasteiger partial charge in [0.05, 0.1) is 23.2 Å². The molecule has 0 aliphatic carbocycles. The zero-order chi connectivity index (χ0) is 13.8. The third-order valence-corrected chi connectivity index (χ3v) is 3.26. The Kier molecular flexibility index (Phi) is 6.61. The number of Topliss-reactive ketones (excluding diaryl/α,β-unsaturated/α-hetero) is 1. The van der Waals surface area contributed by atoms with Crippen molar-refractivity contribution in [3.05, 3.63) is 18.2 Å². The molecular weight excluding hydrogens is 287 g/mol. The summed E-state index contributed by atoms with van der Waals surface area (Å²) in [4.78, 5) is 26.6. The molecule has 0 aliphatic heterocycles. The van der Waals surface area contributed by atoms with Crippen molar-refractivity contribution in [3.63, 3.8) is 0 Å². The number of aromatic nitrogens is 1. The normalized spacial score (nSPS) is 9.90. The van der Waals surface area contributed by atoms with E-state index < -0.39 is 0 Å². The molecule has 7 heteroatoms. The van der Waals surface area contributed by atoms with Crippen LogP contribution in [0.3, 0.4) is 0 Å². The minimum atomic E-state index is -0.336. The first-order valence-corrected chi connectivity index (χ1v) is 6.73. The van der Waals surface area contributed by atoms with Crippen LogP contribution >= 0.6 is 11.3 Å². The molecule has 5 nitrogen and oxygen atoms in total. The first-order chi connectivity index (χ1) is 9.08. The Labute approximate surface area is 143 Å². The summed E-state index contributed by atoms with van der Waals surface area (Å²) >= 11 is 1.36. The maximum Gasteiger partial charge on any atom is 1.00 e. The number of benzene rings is 1.